The highest BCUT2D eigenvalue weighted by molar-refractivity contribution is 5.88. The molecule has 0 spiro atoms. The standard InChI is InChI=1S/C15H19NO3/c1-3-19-15(18)14-11(2)9-13(17)16(14)10-12-7-5-4-6-8-12/h4-8,11,14H,3,9-10H2,1-2H3/t11-,14-/m1/s1. The molecule has 0 aliphatic carbocycles. The van der Waals surface area contributed by atoms with Crippen molar-refractivity contribution in [3.05, 3.63) is 35.9 Å². The number of carbonyl (C=O) groups is 2. The number of amides is 1. The van der Waals surface area contributed by atoms with Crippen molar-refractivity contribution in [1.82, 2.24) is 4.90 Å². The third-order valence-electron chi connectivity index (χ3n) is 3.42. The predicted molar refractivity (Wildman–Crippen MR) is 71.2 cm³/mol. The lowest BCUT2D eigenvalue weighted by atomic mass is 10.0. The third-order valence-corrected chi connectivity index (χ3v) is 3.42. The predicted octanol–water partition coefficient (Wildman–Crippen LogP) is 1.99. The van der Waals surface area contributed by atoms with Crippen LogP contribution in [0.5, 0.6) is 0 Å². The van der Waals surface area contributed by atoms with Gasteiger partial charge in [0.25, 0.3) is 0 Å². The molecule has 1 saturated heterocycles. The summed E-state index contributed by atoms with van der Waals surface area (Å²) in [7, 11) is 0. The van der Waals surface area contributed by atoms with Crippen LogP contribution >= 0.6 is 0 Å². The van der Waals surface area contributed by atoms with E-state index in [0.29, 0.717) is 19.6 Å². The molecule has 4 heteroatoms. The van der Waals surface area contributed by atoms with E-state index in [9.17, 15) is 9.59 Å². The van der Waals surface area contributed by atoms with Crippen LogP contribution in [-0.2, 0) is 20.9 Å². The smallest absolute Gasteiger partial charge is 0.329 e. The second-order valence-corrected chi connectivity index (χ2v) is 4.89. The van der Waals surface area contributed by atoms with Gasteiger partial charge in [-0.1, -0.05) is 37.3 Å². The molecule has 1 aliphatic rings. The second kappa shape index (κ2) is 5.87. The highest BCUT2D eigenvalue weighted by Crippen LogP contribution is 2.27. The monoisotopic (exact) mass is 261 g/mol. The molecule has 2 rings (SSSR count). The van der Waals surface area contributed by atoms with Gasteiger partial charge in [0, 0.05) is 13.0 Å². The first-order valence-corrected chi connectivity index (χ1v) is 6.63. The first-order valence-electron chi connectivity index (χ1n) is 6.63. The molecular formula is C15H19NO3. The van der Waals surface area contributed by atoms with Crippen LogP contribution < -0.4 is 0 Å². The number of carbonyl (C=O) groups excluding carboxylic acids is 2. The zero-order valence-corrected chi connectivity index (χ0v) is 11.3. The van der Waals surface area contributed by atoms with Crippen molar-refractivity contribution >= 4 is 11.9 Å². The van der Waals surface area contributed by atoms with Gasteiger partial charge in [-0.3, -0.25) is 4.79 Å². The number of rotatable bonds is 4. The topological polar surface area (TPSA) is 46.6 Å². The molecule has 0 bridgehead atoms. The number of esters is 1. The van der Waals surface area contributed by atoms with Gasteiger partial charge in [0.2, 0.25) is 5.91 Å². The minimum Gasteiger partial charge on any atom is -0.464 e. The molecule has 102 valence electrons. The van der Waals surface area contributed by atoms with E-state index in [2.05, 4.69) is 0 Å². The van der Waals surface area contributed by atoms with Crippen molar-refractivity contribution in [3.8, 4) is 0 Å². The van der Waals surface area contributed by atoms with Gasteiger partial charge in [0.05, 0.1) is 6.61 Å². The Hall–Kier alpha value is -1.84. The van der Waals surface area contributed by atoms with Gasteiger partial charge in [-0.2, -0.15) is 0 Å². The van der Waals surface area contributed by atoms with Crippen molar-refractivity contribution in [3.63, 3.8) is 0 Å². The highest BCUT2D eigenvalue weighted by atomic mass is 16.5. The minimum atomic E-state index is -0.451. The Morgan fingerprint density at radius 2 is 2.05 bits per heavy atom. The number of nitrogens with zero attached hydrogens (tertiary/aromatic N) is 1. The number of hydrogen-bond acceptors (Lipinski definition) is 3. The van der Waals surface area contributed by atoms with E-state index in [-0.39, 0.29) is 17.8 Å². The van der Waals surface area contributed by atoms with Crippen LogP contribution in [0.1, 0.15) is 25.8 Å². The van der Waals surface area contributed by atoms with Gasteiger partial charge in [0.15, 0.2) is 0 Å². The van der Waals surface area contributed by atoms with E-state index in [4.69, 9.17) is 4.74 Å². The Kier molecular flexibility index (Phi) is 4.20. The van der Waals surface area contributed by atoms with Crippen molar-refractivity contribution in [2.24, 2.45) is 5.92 Å². The Bertz CT molecular complexity index is 458. The normalized spacial score (nSPS) is 22.6. The molecule has 1 heterocycles. The first kappa shape index (κ1) is 13.6. The highest BCUT2D eigenvalue weighted by Gasteiger charge is 2.42. The van der Waals surface area contributed by atoms with Gasteiger partial charge in [-0.05, 0) is 18.4 Å². The molecule has 0 radical (unpaired) electrons. The van der Waals surface area contributed by atoms with Crippen molar-refractivity contribution in [2.45, 2.75) is 32.9 Å². The Morgan fingerprint density at radius 3 is 2.68 bits per heavy atom. The molecule has 0 saturated carbocycles. The molecule has 1 fully saturated rings. The van der Waals surface area contributed by atoms with Crippen LogP contribution in [0, 0.1) is 5.92 Å². The van der Waals surface area contributed by atoms with Crippen LogP contribution in [0.3, 0.4) is 0 Å². The maximum Gasteiger partial charge on any atom is 0.329 e. The summed E-state index contributed by atoms with van der Waals surface area (Å²) in [6.45, 7) is 4.51. The van der Waals surface area contributed by atoms with Crippen LogP contribution in [0.25, 0.3) is 0 Å². The number of likely N-dealkylation sites (tertiary alicyclic amines) is 1. The molecule has 19 heavy (non-hydrogen) atoms. The zero-order chi connectivity index (χ0) is 13.8. The van der Waals surface area contributed by atoms with Crippen molar-refractivity contribution in [1.29, 1.82) is 0 Å². The van der Waals surface area contributed by atoms with E-state index in [0.717, 1.165) is 5.56 Å². The van der Waals surface area contributed by atoms with Gasteiger partial charge in [-0.25, -0.2) is 4.79 Å². The lowest BCUT2D eigenvalue weighted by molar-refractivity contribution is -0.152. The molecule has 1 aliphatic heterocycles. The number of ether oxygens (including phenoxy) is 1. The fourth-order valence-electron chi connectivity index (χ4n) is 2.52. The van der Waals surface area contributed by atoms with Gasteiger partial charge in [0.1, 0.15) is 6.04 Å². The fourth-order valence-corrected chi connectivity index (χ4v) is 2.52. The zero-order valence-electron chi connectivity index (χ0n) is 11.3. The molecule has 0 N–H and O–H groups in total. The SMILES string of the molecule is CCOC(=O)[C@H]1[C@H](C)CC(=O)N1Cc1ccccc1. The molecule has 2 atom stereocenters. The summed E-state index contributed by atoms with van der Waals surface area (Å²) in [6.07, 6.45) is 0.413. The van der Waals surface area contributed by atoms with Crippen LogP contribution in [-0.4, -0.2) is 29.4 Å². The van der Waals surface area contributed by atoms with E-state index in [1.807, 2.05) is 37.3 Å². The summed E-state index contributed by atoms with van der Waals surface area (Å²) in [5.41, 5.74) is 1.03. The quantitative estimate of drug-likeness (QED) is 0.779. The van der Waals surface area contributed by atoms with Crippen LogP contribution in [0.4, 0.5) is 0 Å². The van der Waals surface area contributed by atoms with Crippen LogP contribution in [0.15, 0.2) is 30.3 Å². The fraction of sp³-hybridized carbons (Fsp3) is 0.467. The van der Waals surface area contributed by atoms with E-state index < -0.39 is 6.04 Å². The Labute approximate surface area is 113 Å². The van der Waals surface area contributed by atoms with E-state index in [1.165, 1.54) is 0 Å². The van der Waals surface area contributed by atoms with E-state index in [1.54, 1.807) is 11.8 Å². The molecule has 1 amide bonds. The van der Waals surface area contributed by atoms with Gasteiger partial charge >= 0.3 is 5.97 Å². The minimum absolute atomic E-state index is 0.00950. The number of hydrogen-bond donors (Lipinski definition) is 0. The molecule has 4 nitrogen and oxygen atoms in total. The molecule has 0 unspecified atom stereocenters. The molecule has 0 aromatic heterocycles. The molecular weight excluding hydrogens is 242 g/mol. The average molecular weight is 261 g/mol. The average Bonchev–Trinajstić information content (AvgIpc) is 2.66. The maximum absolute atomic E-state index is 12.0. The second-order valence-electron chi connectivity index (χ2n) is 4.89. The Balaban J connectivity index is 2.16. The molecule has 1 aromatic carbocycles. The number of benzene rings is 1. The molecule has 1 aromatic rings. The van der Waals surface area contributed by atoms with Crippen LogP contribution in [0.2, 0.25) is 0 Å². The van der Waals surface area contributed by atoms with Gasteiger partial charge < -0.3 is 9.64 Å². The van der Waals surface area contributed by atoms with E-state index >= 15 is 0 Å². The van der Waals surface area contributed by atoms with Crippen molar-refractivity contribution in [2.75, 3.05) is 6.61 Å². The maximum atomic E-state index is 12.0. The first-order chi connectivity index (χ1) is 9.13. The summed E-state index contributed by atoms with van der Waals surface area (Å²) in [5, 5.41) is 0. The summed E-state index contributed by atoms with van der Waals surface area (Å²) < 4.78 is 5.08. The van der Waals surface area contributed by atoms with Crippen molar-refractivity contribution < 1.29 is 14.3 Å². The Morgan fingerprint density at radius 1 is 1.37 bits per heavy atom. The third kappa shape index (κ3) is 2.95. The lowest BCUT2D eigenvalue weighted by Gasteiger charge is -2.25. The summed E-state index contributed by atoms with van der Waals surface area (Å²) >= 11 is 0. The van der Waals surface area contributed by atoms with Gasteiger partial charge in [-0.15, -0.1) is 0 Å². The largest absolute Gasteiger partial charge is 0.464 e. The lowest BCUT2D eigenvalue weighted by Crippen LogP contribution is -2.41. The summed E-state index contributed by atoms with van der Waals surface area (Å²) in [4.78, 5) is 25.6. The summed E-state index contributed by atoms with van der Waals surface area (Å²) in [6, 6.07) is 9.25. The summed E-state index contributed by atoms with van der Waals surface area (Å²) in [5.74, 6) is -0.263.